The highest BCUT2D eigenvalue weighted by molar-refractivity contribution is 6.04. The number of anilines is 1. The van der Waals surface area contributed by atoms with Gasteiger partial charge in [-0.15, -0.1) is 0 Å². The van der Waals surface area contributed by atoms with Gasteiger partial charge < -0.3 is 10.1 Å². The summed E-state index contributed by atoms with van der Waals surface area (Å²) in [7, 11) is 0. The summed E-state index contributed by atoms with van der Waals surface area (Å²) in [5.41, 5.74) is 4.09. The number of para-hydroxylation sites is 1. The third-order valence-corrected chi connectivity index (χ3v) is 4.90. The molecule has 0 radical (unpaired) electrons. The van der Waals surface area contributed by atoms with E-state index in [1.807, 2.05) is 49.0 Å². The molecule has 0 spiro atoms. The summed E-state index contributed by atoms with van der Waals surface area (Å²) in [6.45, 7) is 5.45. The van der Waals surface area contributed by atoms with Crippen LogP contribution in [0.3, 0.4) is 0 Å². The van der Waals surface area contributed by atoms with Crippen LogP contribution < -0.4 is 5.32 Å². The minimum absolute atomic E-state index is 0.191. The average molecular weight is 365 g/mol. The Labute approximate surface area is 157 Å². The Morgan fingerprint density at radius 1 is 1.26 bits per heavy atom. The summed E-state index contributed by atoms with van der Waals surface area (Å²) < 4.78 is 9.24. The highest BCUT2D eigenvalue weighted by atomic mass is 16.5. The molecule has 1 aromatic carbocycles. The second-order valence-corrected chi connectivity index (χ2v) is 6.88. The molecule has 1 unspecified atom stereocenters. The first-order chi connectivity index (χ1) is 13.1. The maximum absolute atomic E-state index is 12.7. The van der Waals surface area contributed by atoms with E-state index in [4.69, 9.17) is 4.74 Å². The number of rotatable bonds is 5. The maximum atomic E-state index is 12.7. The largest absolute Gasteiger partial charge is 0.376 e. The van der Waals surface area contributed by atoms with Gasteiger partial charge in [-0.05, 0) is 38.3 Å². The summed E-state index contributed by atoms with van der Waals surface area (Å²) in [4.78, 5) is 12.7. The molecular weight excluding hydrogens is 342 g/mol. The van der Waals surface area contributed by atoms with Gasteiger partial charge in [0.05, 0.1) is 47.7 Å². The molecule has 4 rings (SSSR count). The molecule has 7 heteroatoms. The van der Waals surface area contributed by atoms with E-state index in [-0.39, 0.29) is 12.0 Å². The molecule has 2 aromatic heterocycles. The van der Waals surface area contributed by atoms with E-state index in [0.29, 0.717) is 17.8 Å². The number of benzene rings is 1. The van der Waals surface area contributed by atoms with Gasteiger partial charge in [0.1, 0.15) is 0 Å². The van der Waals surface area contributed by atoms with E-state index in [0.717, 1.165) is 36.4 Å². The van der Waals surface area contributed by atoms with Crippen LogP contribution in [0.5, 0.6) is 0 Å². The SMILES string of the molecule is Cc1ccccc1-n1ncc(C(=O)Nc2cnn(CC3CCCO3)c2)c1C. The van der Waals surface area contributed by atoms with Crippen molar-refractivity contribution in [3.63, 3.8) is 0 Å². The molecular formula is C20H23N5O2. The first kappa shape index (κ1) is 17.5. The van der Waals surface area contributed by atoms with E-state index in [1.165, 1.54) is 0 Å². The van der Waals surface area contributed by atoms with Crippen molar-refractivity contribution in [2.45, 2.75) is 39.3 Å². The fourth-order valence-corrected chi connectivity index (χ4v) is 3.40. The average Bonchev–Trinajstić information content (AvgIpc) is 3.38. The molecule has 1 aliphatic rings. The first-order valence-corrected chi connectivity index (χ1v) is 9.18. The van der Waals surface area contributed by atoms with Gasteiger partial charge in [0, 0.05) is 12.8 Å². The van der Waals surface area contributed by atoms with Gasteiger partial charge in [-0.1, -0.05) is 18.2 Å². The lowest BCUT2D eigenvalue weighted by molar-refractivity contribution is 0.0940. The number of amides is 1. The number of carbonyl (C=O) groups excluding carboxylic acids is 1. The van der Waals surface area contributed by atoms with Crippen molar-refractivity contribution in [2.75, 3.05) is 11.9 Å². The number of nitrogens with zero attached hydrogens (tertiary/aromatic N) is 4. The zero-order valence-electron chi connectivity index (χ0n) is 15.6. The molecule has 1 amide bonds. The lowest BCUT2D eigenvalue weighted by atomic mass is 10.2. The van der Waals surface area contributed by atoms with Gasteiger partial charge >= 0.3 is 0 Å². The number of ether oxygens (including phenoxy) is 1. The molecule has 1 fully saturated rings. The fraction of sp³-hybridized carbons (Fsp3) is 0.350. The standard InChI is InChI=1S/C20H23N5O2/c1-14-6-3-4-8-19(14)25-15(2)18(11-22-25)20(26)23-16-10-21-24(12-16)13-17-7-5-9-27-17/h3-4,6,8,10-12,17H,5,7,9,13H2,1-2H3,(H,23,26). The van der Waals surface area contributed by atoms with Crippen molar-refractivity contribution < 1.29 is 9.53 Å². The number of hydrogen-bond acceptors (Lipinski definition) is 4. The number of carbonyl (C=O) groups is 1. The van der Waals surface area contributed by atoms with Gasteiger partial charge in [0.15, 0.2) is 0 Å². The van der Waals surface area contributed by atoms with E-state index in [9.17, 15) is 4.79 Å². The molecule has 0 saturated carbocycles. The van der Waals surface area contributed by atoms with Crippen LogP contribution in [0.15, 0.2) is 42.9 Å². The number of nitrogens with one attached hydrogen (secondary N) is 1. The maximum Gasteiger partial charge on any atom is 0.259 e. The minimum atomic E-state index is -0.191. The predicted molar refractivity (Wildman–Crippen MR) is 102 cm³/mol. The zero-order valence-corrected chi connectivity index (χ0v) is 15.6. The van der Waals surface area contributed by atoms with Crippen molar-refractivity contribution in [1.29, 1.82) is 0 Å². The van der Waals surface area contributed by atoms with Crippen LogP contribution in [0.1, 0.15) is 34.5 Å². The van der Waals surface area contributed by atoms with Crippen molar-refractivity contribution in [3.8, 4) is 5.69 Å². The lowest BCUT2D eigenvalue weighted by Crippen LogP contribution is -2.15. The van der Waals surface area contributed by atoms with Crippen LogP contribution in [0.25, 0.3) is 5.69 Å². The third kappa shape index (κ3) is 3.64. The second kappa shape index (κ2) is 7.36. The van der Waals surface area contributed by atoms with Crippen LogP contribution >= 0.6 is 0 Å². The van der Waals surface area contributed by atoms with Crippen molar-refractivity contribution in [2.24, 2.45) is 0 Å². The molecule has 0 bridgehead atoms. The Balaban J connectivity index is 1.47. The normalized spacial score (nSPS) is 16.6. The number of hydrogen-bond donors (Lipinski definition) is 1. The quantitative estimate of drug-likeness (QED) is 0.754. The van der Waals surface area contributed by atoms with Gasteiger partial charge in [-0.3, -0.25) is 9.48 Å². The highest BCUT2D eigenvalue weighted by Crippen LogP contribution is 2.19. The summed E-state index contributed by atoms with van der Waals surface area (Å²) in [5, 5.41) is 11.6. The van der Waals surface area contributed by atoms with E-state index < -0.39 is 0 Å². The fourth-order valence-electron chi connectivity index (χ4n) is 3.40. The third-order valence-electron chi connectivity index (χ3n) is 4.90. The Morgan fingerprint density at radius 3 is 2.89 bits per heavy atom. The molecule has 140 valence electrons. The topological polar surface area (TPSA) is 74.0 Å². The Morgan fingerprint density at radius 2 is 2.11 bits per heavy atom. The van der Waals surface area contributed by atoms with Gasteiger partial charge in [-0.25, -0.2) is 4.68 Å². The molecule has 1 aliphatic heterocycles. The van der Waals surface area contributed by atoms with Crippen molar-refractivity contribution >= 4 is 11.6 Å². The Kier molecular flexibility index (Phi) is 4.77. The smallest absolute Gasteiger partial charge is 0.259 e. The van der Waals surface area contributed by atoms with Crippen LogP contribution in [-0.2, 0) is 11.3 Å². The Bertz CT molecular complexity index is 953. The predicted octanol–water partition coefficient (Wildman–Crippen LogP) is 3.12. The second-order valence-electron chi connectivity index (χ2n) is 6.88. The summed E-state index contributed by atoms with van der Waals surface area (Å²) in [6, 6.07) is 7.97. The van der Waals surface area contributed by atoms with Crippen LogP contribution in [0.2, 0.25) is 0 Å². The van der Waals surface area contributed by atoms with Crippen molar-refractivity contribution in [3.05, 3.63) is 59.7 Å². The van der Waals surface area contributed by atoms with E-state index in [2.05, 4.69) is 15.5 Å². The molecule has 27 heavy (non-hydrogen) atoms. The minimum Gasteiger partial charge on any atom is -0.376 e. The summed E-state index contributed by atoms with van der Waals surface area (Å²) >= 11 is 0. The number of aryl methyl sites for hydroxylation is 1. The molecule has 0 aliphatic carbocycles. The lowest BCUT2D eigenvalue weighted by Gasteiger charge is -2.09. The molecule has 1 saturated heterocycles. The van der Waals surface area contributed by atoms with Gasteiger partial charge in [0.25, 0.3) is 5.91 Å². The van der Waals surface area contributed by atoms with Gasteiger partial charge in [0.2, 0.25) is 0 Å². The number of aromatic nitrogens is 4. The molecule has 1 atom stereocenters. The van der Waals surface area contributed by atoms with Crippen molar-refractivity contribution in [1.82, 2.24) is 19.6 Å². The molecule has 1 N–H and O–H groups in total. The molecule has 7 nitrogen and oxygen atoms in total. The van der Waals surface area contributed by atoms with E-state index in [1.54, 1.807) is 17.1 Å². The molecule has 3 aromatic rings. The van der Waals surface area contributed by atoms with E-state index >= 15 is 0 Å². The zero-order chi connectivity index (χ0) is 18.8. The van der Waals surface area contributed by atoms with Crippen LogP contribution in [0.4, 0.5) is 5.69 Å². The Hall–Kier alpha value is -2.93. The highest BCUT2D eigenvalue weighted by Gasteiger charge is 2.18. The monoisotopic (exact) mass is 365 g/mol. The van der Waals surface area contributed by atoms with Crippen LogP contribution in [0, 0.1) is 13.8 Å². The first-order valence-electron chi connectivity index (χ1n) is 9.18. The summed E-state index contributed by atoms with van der Waals surface area (Å²) in [5.74, 6) is -0.191. The van der Waals surface area contributed by atoms with Gasteiger partial charge in [-0.2, -0.15) is 10.2 Å². The molecule has 3 heterocycles. The van der Waals surface area contributed by atoms with Crippen LogP contribution in [-0.4, -0.2) is 38.2 Å². The summed E-state index contributed by atoms with van der Waals surface area (Å²) in [6.07, 6.45) is 7.46.